The lowest BCUT2D eigenvalue weighted by molar-refractivity contribution is -0.101. The molecule has 28 heavy (non-hydrogen) atoms. The van der Waals surface area contributed by atoms with Crippen molar-refractivity contribution in [2.75, 3.05) is 0 Å². The Morgan fingerprint density at radius 2 is 1.46 bits per heavy atom. The third kappa shape index (κ3) is 1.89. The van der Waals surface area contributed by atoms with Crippen molar-refractivity contribution in [3.8, 4) is 0 Å². The number of benzene rings is 1. The minimum atomic E-state index is -4.74. The van der Waals surface area contributed by atoms with Crippen LogP contribution in [0.3, 0.4) is 0 Å². The van der Waals surface area contributed by atoms with Gasteiger partial charge in [-0.05, 0) is 65.0 Å². The van der Waals surface area contributed by atoms with E-state index in [2.05, 4.69) is 5.10 Å². The average Bonchev–Trinajstić information content (AvgIpc) is 3.35. The molecule has 0 radical (unpaired) electrons. The molecule has 3 fully saturated rings. The van der Waals surface area contributed by atoms with Gasteiger partial charge in [0.1, 0.15) is 11.4 Å². The standard InChI is InChI=1S/C20H16F6N2/c21-19(22,23)17-15-11-6-12(16(15)18(28-27-17)20(24,25)26)14-10-5-9(13(11)14)7-3-1-2-4-8(7)10/h1-4,9-15,28H,5-6H2/t9-,10+,11-,12+,13-,14+,15-/m1/s1. The highest BCUT2D eigenvalue weighted by Crippen LogP contribution is 2.74. The van der Waals surface area contributed by atoms with E-state index in [0.717, 1.165) is 6.42 Å². The molecule has 4 bridgehead atoms. The maximum absolute atomic E-state index is 13.6. The van der Waals surface area contributed by atoms with Gasteiger partial charge in [0.2, 0.25) is 0 Å². The number of rotatable bonds is 0. The molecule has 5 aliphatic rings. The lowest BCUT2D eigenvalue weighted by Gasteiger charge is -2.43. The topological polar surface area (TPSA) is 24.4 Å². The van der Waals surface area contributed by atoms with Crippen LogP contribution in [-0.2, 0) is 0 Å². The van der Waals surface area contributed by atoms with Crippen LogP contribution in [0.4, 0.5) is 26.3 Å². The van der Waals surface area contributed by atoms with E-state index < -0.39 is 41.5 Å². The van der Waals surface area contributed by atoms with Crippen molar-refractivity contribution in [1.82, 2.24) is 5.43 Å². The number of hydrazone groups is 1. The summed E-state index contributed by atoms with van der Waals surface area (Å²) in [5, 5.41) is 3.19. The quantitative estimate of drug-likeness (QED) is 0.477. The van der Waals surface area contributed by atoms with Crippen LogP contribution in [0.15, 0.2) is 40.6 Å². The number of halogens is 6. The van der Waals surface area contributed by atoms with Gasteiger partial charge in [-0.1, -0.05) is 24.3 Å². The van der Waals surface area contributed by atoms with E-state index in [0.29, 0.717) is 6.42 Å². The zero-order chi connectivity index (χ0) is 19.6. The van der Waals surface area contributed by atoms with Gasteiger partial charge in [-0.3, -0.25) is 5.43 Å². The first kappa shape index (κ1) is 16.9. The highest BCUT2D eigenvalue weighted by atomic mass is 19.4. The second kappa shape index (κ2) is 4.94. The van der Waals surface area contributed by atoms with Gasteiger partial charge in [0.25, 0.3) is 0 Å². The molecule has 4 aliphatic carbocycles. The second-order valence-electron chi connectivity index (χ2n) is 8.65. The number of hydrogen-bond donors (Lipinski definition) is 1. The monoisotopic (exact) mass is 398 g/mol. The summed E-state index contributed by atoms with van der Waals surface area (Å²) in [5.74, 6) is -1.83. The molecule has 0 spiro atoms. The van der Waals surface area contributed by atoms with Gasteiger partial charge >= 0.3 is 12.4 Å². The van der Waals surface area contributed by atoms with Crippen molar-refractivity contribution in [3.63, 3.8) is 0 Å². The van der Waals surface area contributed by atoms with E-state index in [4.69, 9.17) is 0 Å². The zero-order valence-electron chi connectivity index (χ0n) is 14.5. The minimum absolute atomic E-state index is 0.00267. The molecule has 7 atom stereocenters. The van der Waals surface area contributed by atoms with Crippen LogP contribution < -0.4 is 5.43 Å². The Bertz CT molecular complexity index is 943. The average molecular weight is 398 g/mol. The molecule has 0 aromatic heterocycles. The summed E-state index contributed by atoms with van der Waals surface area (Å²) >= 11 is 0. The maximum Gasteiger partial charge on any atom is 0.432 e. The highest BCUT2D eigenvalue weighted by Gasteiger charge is 2.69. The fraction of sp³-hybridized carbons (Fsp3) is 0.550. The summed E-state index contributed by atoms with van der Waals surface area (Å²) in [6, 6.07) is 7.92. The van der Waals surface area contributed by atoms with Crippen molar-refractivity contribution in [1.29, 1.82) is 0 Å². The predicted molar refractivity (Wildman–Crippen MR) is 88.3 cm³/mol. The van der Waals surface area contributed by atoms with Crippen molar-refractivity contribution in [3.05, 3.63) is 46.7 Å². The summed E-state index contributed by atoms with van der Waals surface area (Å²) in [7, 11) is 0. The first-order valence-electron chi connectivity index (χ1n) is 9.48. The number of allylic oxidation sites excluding steroid dienone is 2. The van der Waals surface area contributed by atoms with Crippen LogP contribution >= 0.6 is 0 Å². The van der Waals surface area contributed by atoms with Gasteiger partial charge in [0, 0.05) is 5.92 Å². The molecule has 1 aliphatic heterocycles. The summed E-state index contributed by atoms with van der Waals surface area (Å²) in [4.78, 5) is 0. The number of alkyl halides is 6. The SMILES string of the molecule is FC(F)(F)C1=NNC(C(F)(F)F)=C2[C@H]1[C@@H]1C[C@H]2[C@H]2[C@@H]1[C@@H]1C[C@H]2c2ccccc21. The number of hydrogen-bond acceptors (Lipinski definition) is 2. The molecule has 8 heteroatoms. The fourth-order valence-electron chi connectivity index (χ4n) is 7.28. The van der Waals surface area contributed by atoms with Crippen LogP contribution in [-0.4, -0.2) is 18.1 Å². The fourth-order valence-corrected chi connectivity index (χ4v) is 7.28. The molecular formula is C20H16F6N2. The number of fused-ring (bicyclic) bond motifs is 15. The van der Waals surface area contributed by atoms with E-state index in [1.807, 2.05) is 24.3 Å². The molecule has 1 heterocycles. The molecule has 1 N–H and O–H groups in total. The van der Waals surface area contributed by atoms with Gasteiger partial charge in [0.15, 0.2) is 0 Å². The minimum Gasteiger partial charge on any atom is -0.273 e. The van der Waals surface area contributed by atoms with Crippen LogP contribution in [0.25, 0.3) is 0 Å². The normalized spacial score (nSPS) is 40.2. The lowest BCUT2D eigenvalue weighted by Crippen LogP contribution is -2.47. The first-order chi connectivity index (χ1) is 13.2. The van der Waals surface area contributed by atoms with Gasteiger partial charge in [-0.15, -0.1) is 0 Å². The molecule has 148 valence electrons. The smallest absolute Gasteiger partial charge is 0.273 e. The molecule has 1 aromatic rings. The molecule has 1 aromatic carbocycles. The third-order valence-electron chi connectivity index (χ3n) is 7.77. The molecule has 6 rings (SSSR count). The van der Waals surface area contributed by atoms with Crippen LogP contribution in [0, 0.1) is 29.6 Å². The van der Waals surface area contributed by atoms with Crippen molar-refractivity contribution >= 4 is 5.71 Å². The third-order valence-corrected chi connectivity index (χ3v) is 7.77. The van der Waals surface area contributed by atoms with Crippen molar-refractivity contribution < 1.29 is 26.3 Å². The van der Waals surface area contributed by atoms with E-state index in [-0.39, 0.29) is 29.2 Å². The van der Waals surface area contributed by atoms with Crippen LogP contribution in [0.2, 0.25) is 0 Å². The van der Waals surface area contributed by atoms with E-state index in [9.17, 15) is 26.3 Å². The molecule has 0 unspecified atom stereocenters. The number of nitrogens with zero attached hydrogens (tertiary/aromatic N) is 1. The van der Waals surface area contributed by atoms with E-state index >= 15 is 0 Å². The van der Waals surface area contributed by atoms with Crippen molar-refractivity contribution in [2.24, 2.45) is 34.7 Å². The van der Waals surface area contributed by atoms with Gasteiger partial charge in [-0.2, -0.15) is 31.4 Å². The molecular weight excluding hydrogens is 382 g/mol. The highest BCUT2D eigenvalue weighted by molar-refractivity contribution is 5.96. The largest absolute Gasteiger partial charge is 0.432 e. The van der Waals surface area contributed by atoms with Crippen molar-refractivity contribution in [2.45, 2.75) is 37.0 Å². The summed E-state index contributed by atoms with van der Waals surface area (Å²) in [6.45, 7) is 0. The van der Waals surface area contributed by atoms with E-state index in [1.54, 1.807) is 5.43 Å². The molecule has 2 nitrogen and oxygen atoms in total. The Labute approximate surface area is 156 Å². The zero-order valence-corrected chi connectivity index (χ0v) is 14.5. The first-order valence-corrected chi connectivity index (χ1v) is 9.48. The Morgan fingerprint density at radius 1 is 0.821 bits per heavy atom. The molecule has 0 amide bonds. The summed E-state index contributed by atoms with van der Waals surface area (Å²) in [6.07, 6.45) is -8.24. The van der Waals surface area contributed by atoms with Gasteiger partial charge in [-0.25, -0.2) is 0 Å². The van der Waals surface area contributed by atoms with E-state index in [1.165, 1.54) is 11.1 Å². The van der Waals surface area contributed by atoms with Crippen LogP contribution in [0.5, 0.6) is 0 Å². The number of nitrogens with one attached hydrogen (secondary N) is 1. The summed E-state index contributed by atoms with van der Waals surface area (Å²) < 4.78 is 81.8. The Kier molecular flexibility index (Phi) is 2.99. The maximum atomic E-state index is 13.6. The molecule has 0 saturated heterocycles. The summed E-state index contributed by atoms with van der Waals surface area (Å²) in [5.41, 5.74) is 1.86. The molecule has 3 saturated carbocycles. The second-order valence-corrected chi connectivity index (χ2v) is 8.65. The Morgan fingerprint density at radius 3 is 2.07 bits per heavy atom. The van der Waals surface area contributed by atoms with Crippen LogP contribution in [0.1, 0.15) is 35.8 Å². The Hall–Kier alpha value is -1.99. The van der Waals surface area contributed by atoms with Gasteiger partial charge < -0.3 is 0 Å². The van der Waals surface area contributed by atoms with Gasteiger partial charge in [0.05, 0.1) is 0 Å². The predicted octanol–water partition coefficient (Wildman–Crippen LogP) is 5.11. The lowest BCUT2D eigenvalue weighted by atomic mass is 9.62. The Balaban J connectivity index is 1.51.